The van der Waals surface area contributed by atoms with Crippen molar-refractivity contribution in [1.82, 2.24) is 5.32 Å². The number of rotatable bonds is 6. The standard InChI is InChI=1S/C12H23NO2/c1-5-12(3,14-4)11(13-6-2)10-8-7-9-15-10/h8,11,13H,5-7,9H2,1-4H3. The first kappa shape index (κ1) is 12.5. The van der Waals surface area contributed by atoms with E-state index in [9.17, 15) is 0 Å². The lowest BCUT2D eigenvalue weighted by Gasteiger charge is -2.36. The molecule has 1 rings (SSSR count). The van der Waals surface area contributed by atoms with Crippen LogP contribution in [0.3, 0.4) is 0 Å². The minimum atomic E-state index is -0.188. The number of likely N-dealkylation sites (N-methyl/N-ethyl adjacent to an activating group) is 1. The topological polar surface area (TPSA) is 30.5 Å². The van der Waals surface area contributed by atoms with Gasteiger partial charge in [-0.2, -0.15) is 0 Å². The summed E-state index contributed by atoms with van der Waals surface area (Å²) >= 11 is 0. The second-order valence-electron chi connectivity index (χ2n) is 4.10. The first-order valence-electron chi connectivity index (χ1n) is 5.79. The Balaban J connectivity index is 2.79. The van der Waals surface area contributed by atoms with Gasteiger partial charge in [-0.25, -0.2) is 0 Å². The summed E-state index contributed by atoms with van der Waals surface area (Å²) in [6.07, 6.45) is 4.14. The van der Waals surface area contributed by atoms with Crippen molar-refractivity contribution in [3.63, 3.8) is 0 Å². The van der Waals surface area contributed by atoms with Gasteiger partial charge in [-0.15, -0.1) is 0 Å². The quantitative estimate of drug-likeness (QED) is 0.733. The predicted molar refractivity (Wildman–Crippen MR) is 61.8 cm³/mol. The molecule has 0 aromatic rings. The molecule has 1 heterocycles. The summed E-state index contributed by atoms with van der Waals surface area (Å²) in [6.45, 7) is 8.10. The van der Waals surface area contributed by atoms with E-state index in [2.05, 4.69) is 32.2 Å². The molecular weight excluding hydrogens is 190 g/mol. The van der Waals surface area contributed by atoms with Crippen molar-refractivity contribution < 1.29 is 9.47 Å². The smallest absolute Gasteiger partial charge is 0.112 e. The molecule has 2 atom stereocenters. The number of hydrogen-bond donors (Lipinski definition) is 1. The average Bonchev–Trinajstić information content (AvgIpc) is 2.78. The highest BCUT2D eigenvalue weighted by molar-refractivity contribution is 5.13. The molecule has 15 heavy (non-hydrogen) atoms. The van der Waals surface area contributed by atoms with Crippen LogP contribution in [0.1, 0.15) is 33.6 Å². The van der Waals surface area contributed by atoms with Crippen molar-refractivity contribution in [1.29, 1.82) is 0 Å². The zero-order valence-corrected chi connectivity index (χ0v) is 10.3. The van der Waals surface area contributed by atoms with E-state index in [4.69, 9.17) is 9.47 Å². The molecule has 3 nitrogen and oxygen atoms in total. The van der Waals surface area contributed by atoms with Crippen LogP contribution in [-0.2, 0) is 9.47 Å². The van der Waals surface area contributed by atoms with E-state index in [1.54, 1.807) is 7.11 Å². The van der Waals surface area contributed by atoms with Crippen molar-refractivity contribution >= 4 is 0 Å². The fraction of sp³-hybridized carbons (Fsp3) is 0.833. The third-order valence-corrected chi connectivity index (χ3v) is 3.20. The molecule has 0 aromatic carbocycles. The summed E-state index contributed by atoms with van der Waals surface area (Å²) in [5.41, 5.74) is -0.188. The maximum atomic E-state index is 5.64. The Kier molecular flexibility index (Phi) is 4.61. The lowest BCUT2D eigenvalue weighted by atomic mass is 9.91. The summed E-state index contributed by atoms with van der Waals surface area (Å²) < 4.78 is 11.3. The zero-order valence-electron chi connectivity index (χ0n) is 10.3. The van der Waals surface area contributed by atoms with E-state index < -0.39 is 0 Å². The highest BCUT2D eigenvalue weighted by atomic mass is 16.5. The lowest BCUT2D eigenvalue weighted by Crippen LogP contribution is -2.51. The van der Waals surface area contributed by atoms with Gasteiger partial charge in [-0.3, -0.25) is 0 Å². The van der Waals surface area contributed by atoms with Gasteiger partial charge in [0.25, 0.3) is 0 Å². The molecule has 88 valence electrons. The van der Waals surface area contributed by atoms with E-state index in [0.717, 1.165) is 31.8 Å². The van der Waals surface area contributed by atoms with Gasteiger partial charge in [0.1, 0.15) is 5.76 Å². The molecule has 0 amide bonds. The van der Waals surface area contributed by atoms with Crippen molar-refractivity contribution in [3.05, 3.63) is 11.8 Å². The molecule has 1 N–H and O–H groups in total. The summed E-state index contributed by atoms with van der Waals surface area (Å²) in [6, 6.07) is 0.167. The molecule has 0 radical (unpaired) electrons. The van der Waals surface area contributed by atoms with Gasteiger partial charge in [0.2, 0.25) is 0 Å². The normalized spacial score (nSPS) is 21.7. The molecule has 1 aliphatic heterocycles. The van der Waals surface area contributed by atoms with Gasteiger partial charge in [0.05, 0.1) is 18.2 Å². The Morgan fingerprint density at radius 2 is 2.33 bits per heavy atom. The molecule has 1 aliphatic rings. The SMILES string of the molecule is CCNC(C1=CCCO1)C(C)(CC)OC. The van der Waals surface area contributed by atoms with Crippen molar-refractivity contribution in [2.24, 2.45) is 0 Å². The average molecular weight is 213 g/mol. The molecular formula is C12H23NO2. The Morgan fingerprint density at radius 3 is 2.73 bits per heavy atom. The highest BCUT2D eigenvalue weighted by Crippen LogP contribution is 2.27. The van der Waals surface area contributed by atoms with Crippen LogP contribution < -0.4 is 5.32 Å². The Labute approximate surface area is 92.8 Å². The predicted octanol–water partition coefficient (Wildman–Crippen LogP) is 2.08. The minimum Gasteiger partial charge on any atom is -0.496 e. The van der Waals surface area contributed by atoms with Crippen LogP contribution in [0, 0.1) is 0 Å². The summed E-state index contributed by atoms with van der Waals surface area (Å²) in [5.74, 6) is 1.04. The van der Waals surface area contributed by atoms with E-state index >= 15 is 0 Å². The first-order valence-corrected chi connectivity index (χ1v) is 5.79. The number of ether oxygens (including phenoxy) is 2. The highest BCUT2D eigenvalue weighted by Gasteiger charge is 2.36. The third kappa shape index (κ3) is 2.73. The van der Waals surface area contributed by atoms with E-state index in [1.165, 1.54) is 0 Å². The minimum absolute atomic E-state index is 0.167. The summed E-state index contributed by atoms with van der Waals surface area (Å²) in [4.78, 5) is 0. The molecule has 0 spiro atoms. The van der Waals surface area contributed by atoms with Gasteiger partial charge >= 0.3 is 0 Å². The summed E-state index contributed by atoms with van der Waals surface area (Å²) in [5, 5.41) is 3.45. The van der Waals surface area contributed by atoms with Crippen LogP contribution in [-0.4, -0.2) is 31.9 Å². The molecule has 2 unspecified atom stereocenters. The van der Waals surface area contributed by atoms with Crippen LogP contribution in [0.5, 0.6) is 0 Å². The second kappa shape index (κ2) is 5.52. The molecule has 0 aliphatic carbocycles. The maximum absolute atomic E-state index is 5.64. The fourth-order valence-corrected chi connectivity index (χ4v) is 1.93. The molecule has 0 saturated heterocycles. The Bertz CT molecular complexity index is 222. The molecule has 0 saturated carbocycles. The van der Waals surface area contributed by atoms with Gasteiger partial charge in [-0.05, 0) is 26.0 Å². The molecule has 3 heteroatoms. The van der Waals surface area contributed by atoms with E-state index in [-0.39, 0.29) is 11.6 Å². The molecule has 0 fully saturated rings. The van der Waals surface area contributed by atoms with Crippen LogP contribution in [0.4, 0.5) is 0 Å². The summed E-state index contributed by atoms with van der Waals surface area (Å²) in [7, 11) is 1.77. The third-order valence-electron chi connectivity index (χ3n) is 3.20. The fourth-order valence-electron chi connectivity index (χ4n) is 1.93. The van der Waals surface area contributed by atoms with Gasteiger partial charge in [0, 0.05) is 13.5 Å². The Morgan fingerprint density at radius 1 is 1.60 bits per heavy atom. The van der Waals surface area contributed by atoms with Crippen LogP contribution in [0.15, 0.2) is 11.8 Å². The van der Waals surface area contributed by atoms with E-state index in [1.807, 2.05) is 0 Å². The van der Waals surface area contributed by atoms with Gasteiger partial charge in [0.15, 0.2) is 0 Å². The van der Waals surface area contributed by atoms with Crippen molar-refractivity contribution in [3.8, 4) is 0 Å². The molecule has 0 bridgehead atoms. The number of methoxy groups -OCH3 is 1. The first-order chi connectivity index (χ1) is 7.18. The monoisotopic (exact) mass is 213 g/mol. The van der Waals surface area contributed by atoms with Crippen LogP contribution in [0.25, 0.3) is 0 Å². The molecule has 0 aromatic heterocycles. The zero-order chi connectivity index (χ0) is 11.3. The van der Waals surface area contributed by atoms with Crippen molar-refractivity contribution in [2.45, 2.75) is 45.3 Å². The van der Waals surface area contributed by atoms with Crippen LogP contribution >= 0.6 is 0 Å². The van der Waals surface area contributed by atoms with E-state index in [0.29, 0.717) is 0 Å². The van der Waals surface area contributed by atoms with Gasteiger partial charge in [-0.1, -0.05) is 13.8 Å². The lowest BCUT2D eigenvalue weighted by molar-refractivity contribution is -0.0312. The second-order valence-corrected chi connectivity index (χ2v) is 4.10. The Hall–Kier alpha value is -0.540. The van der Waals surface area contributed by atoms with Crippen molar-refractivity contribution in [2.75, 3.05) is 20.3 Å². The largest absolute Gasteiger partial charge is 0.496 e. The maximum Gasteiger partial charge on any atom is 0.112 e. The van der Waals surface area contributed by atoms with Gasteiger partial charge < -0.3 is 14.8 Å². The number of hydrogen-bond acceptors (Lipinski definition) is 3. The number of nitrogens with one attached hydrogen (secondary N) is 1. The van der Waals surface area contributed by atoms with Crippen LogP contribution in [0.2, 0.25) is 0 Å².